The van der Waals surface area contributed by atoms with Crippen molar-refractivity contribution in [1.82, 2.24) is 15.5 Å². The van der Waals surface area contributed by atoms with Gasteiger partial charge in [0.05, 0.1) is 11.7 Å². The summed E-state index contributed by atoms with van der Waals surface area (Å²) in [6, 6.07) is 4.27. The van der Waals surface area contributed by atoms with Gasteiger partial charge < -0.3 is 5.32 Å². The van der Waals surface area contributed by atoms with E-state index in [1.54, 1.807) is 11.3 Å². The summed E-state index contributed by atoms with van der Waals surface area (Å²) in [5.41, 5.74) is 3.23. The molecule has 2 rings (SSSR count). The minimum Gasteiger partial charge on any atom is -0.348 e. The molecule has 21 heavy (non-hydrogen) atoms. The fourth-order valence-electron chi connectivity index (χ4n) is 2.34. The Balaban J connectivity index is 1.89. The molecule has 4 nitrogen and oxygen atoms in total. The van der Waals surface area contributed by atoms with Gasteiger partial charge in [0.2, 0.25) is 5.91 Å². The molecule has 0 aromatic carbocycles. The molecule has 0 aliphatic rings. The number of carbonyl (C=O) groups is 1. The van der Waals surface area contributed by atoms with Gasteiger partial charge in [0, 0.05) is 23.4 Å². The zero-order chi connectivity index (χ0) is 15.2. The summed E-state index contributed by atoms with van der Waals surface area (Å²) in [7, 11) is 0. The highest BCUT2D eigenvalue weighted by molar-refractivity contribution is 7.10. The van der Waals surface area contributed by atoms with E-state index in [4.69, 9.17) is 0 Å². The molecule has 2 heterocycles. The zero-order valence-electron chi connectivity index (χ0n) is 12.9. The van der Waals surface area contributed by atoms with E-state index in [2.05, 4.69) is 33.9 Å². The molecule has 0 radical (unpaired) electrons. The van der Waals surface area contributed by atoms with Gasteiger partial charge >= 0.3 is 0 Å². The van der Waals surface area contributed by atoms with E-state index in [1.807, 2.05) is 19.9 Å². The minimum absolute atomic E-state index is 0.0990. The molecule has 0 aliphatic heterocycles. The number of carbonyl (C=O) groups excluding carboxylic acids is 1. The van der Waals surface area contributed by atoms with Crippen molar-refractivity contribution < 1.29 is 4.79 Å². The first-order chi connectivity index (χ1) is 10.1. The smallest absolute Gasteiger partial charge is 0.220 e. The Hall–Kier alpha value is -1.62. The van der Waals surface area contributed by atoms with Gasteiger partial charge in [0.25, 0.3) is 0 Å². The molecule has 0 saturated carbocycles. The lowest BCUT2D eigenvalue weighted by atomic mass is 10.1. The molecule has 2 aromatic rings. The van der Waals surface area contributed by atoms with Crippen molar-refractivity contribution in [2.24, 2.45) is 0 Å². The van der Waals surface area contributed by atoms with Gasteiger partial charge in [-0.3, -0.25) is 9.89 Å². The average Bonchev–Trinajstić information content (AvgIpc) is 3.09. The first-order valence-electron chi connectivity index (χ1n) is 7.45. The predicted octanol–water partition coefficient (Wildman–Crippen LogP) is 3.68. The maximum atomic E-state index is 12.2. The quantitative estimate of drug-likeness (QED) is 0.820. The maximum absolute atomic E-state index is 12.2. The van der Waals surface area contributed by atoms with Crippen LogP contribution in [0.4, 0.5) is 0 Å². The number of hydrogen-bond acceptors (Lipinski definition) is 3. The van der Waals surface area contributed by atoms with Gasteiger partial charge in [-0.05, 0) is 37.3 Å². The lowest BCUT2D eigenvalue weighted by molar-refractivity contribution is -0.121. The molecular formula is C16H23N3OS. The standard InChI is InChI=1S/C16H23N3OS/c1-4-6-14(15-7-5-10-21-15)17-16(20)9-8-13-11(2)12(3)18-19-13/h5,7,10,14H,4,6,8-9H2,1-3H3,(H,17,20)(H,18,19). The fraction of sp³-hybridized carbons (Fsp3) is 0.500. The van der Waals surface area contributed by atoms with Gasteiger partial charge in [0.1, 0.15) is 0 Å². The predicted molar refractivity (Wildman–Crippen MR) is 86.5 cm³/mol. The summed E-state index contributed by atoms with van der Waals surface area (Å²) in [6.07, 6.45) is 3.20. The van der Waals surface area contributed by atoms with Crippen molar-refractivity contribution >= 4 is 17.2 Å². The number of nitrogens with one attached hydrogen (secondary N) is 2. The number of thiophene rings is 1. The summed E-state index contributed by atoms with van der Waals surface area (Å²) in [5, 5.41) is 12.4. The van der Waals surface area contributed by atoms with Gasteiger partial charge in [0.15, 0.2) is 0 Å². The molecule has 0 bridgehead atoms. The number of rotatable bonds is 7. The summed E-state index contributed by atoms with van der Waals surface area (Å²) in [6.45, 7) is 6.18. The molecule has 1 atom stereocenters. The van der Waals surface area contributed by atoms with E-state index in [-0.39, 0.29) is 11.9 Å². The number of amides is 1. The Bertz CT molecular complexity index is 574. The molecule has 1 unspecified atom stereocenters. The Labute approximate surface area is 130 Å². The van der Waals surface area contributed by atoms with Crippen LogP contribution >= 0.6 is 11.3 Å². The SMILES string of the molecule is CCCC(NC(=O)CCc1n[nH]c(C)c1C)c1cccs1. The van der Waals surface area contributed by atoms with E-state index in [1.165, 1.54) is 4.88 Å². The molecule has 114 valence electrons. The molecule has 0 aliphatic carbocycles. The Morgan fingerprint density at radius 2 is 2.29 bits per heavy atom. The summed E-state index contributed by atoms with van der Waals surface area (Å²) in [4.78, 5) is 13.4. The van der Waals surface area contributed by atoms with Crippen molar-refractivity contribution in [3.8, 4) is 0 Å². The van der Waals surface area contributed by atoms with Crippen molar-refractivity contribution in [3.05, 3.63) is 39.3 Å². The number of aromatic amines is 1. The largest absolute Gasteiger partial charge is 0.348 e. The van der Waals surface area contributed by atoms with Gasteiger partial charge in [-0.25, -0.2) is 0 Å². The number of nitrogens with zero attached hydrogens (tertiary/aromatic N) is 1. The topological polar surface area (TPSA) is 57.8 Å². The Morgan fingerprint density at radius 3 is 2.86 bits per heavy atom. The second-order valence-corrected chi connectivity index (χ2v) is 6.32. The third kappa shape index (κ3) is 4.17. The monoisotopic (exact) mass is 305 g/mol. The number of hydrogen-bond donors (Lipinski definition) is 2. The number of H-pyrrole nitrogens is 1. The third-order valence-corrected chi connectivity index (χ3v) is 4.73. The van der Waals surface area contributed by atoms with E-state index in [9.17, 15) is 4.79 Å². The number of aromatic nitrogens is 2. The molecule has 2 N–H and O–H groups in total. The molecule has 5 heteroatoms. The van der Waals surface area contributed by atoms with Crippen molar-refractivity contribution in [2.45, 2.75) is 52.5 Å². The second-order valence-electron chi connectivity index (χ2n) is 5.34. The molecule has 0 spiro atoms. The van der Waals surface area contributed by atoms with E-state index in [0.29, 0.717) is 12.8 Å². The van der Waals surface area contributed by atoms with Gasteiger partial charge in [-0.15, -0.1) is 11.3 Å². The maximum Gasteiger partial charge on any atom is 0.220 e. The lowest BCUT2D eigenvalue weighted by Gasteiger charge is -2.16. The molecular weight excluding hydrogens is 282 g/mol. The lowest BCUT2D eigenvalue weighted by Crippen LogP contribution is -2.28. The summed E-state index contributed by atoms with van der Waals surface area (Å²) in [5.74, 6) is 0.0990. The highest BCUT2D eigenvalue weighted by Gasteiger charge is 2.15. The van der Waals surface area contributed by atoms with Crippen LogP contribution in [0.15, 0.2) is 17.5 Å². The Kier molecular flexibility index (Phi) is 5.56. The van der Waals surface area contributed by atoms with Gasteiger partial charge in [-0.1, -0.05) is 19.4 Å². The molecule has 0 saturated heterocycles. The van der Waals surface area contributed by atoms with E-state index < -0.39 is 0 Å². The van der Waals surface area contributed by atoms with Crippen LogP contribution in [0.25, 0.3) is 0 Å². The van der Waals surface area contributed by atoms with Crippen LogP contribution in [-0.4, -0.2) is 16.1 Å². The van der Waals surface area contributed by atoms with Crippen LogP contribution in [-0.2, 0) is 11.2 Å². The highest BCUT2D eigenvalue weighted by Crippen LogP contribution is 2.23. The average molecular weight is 305 g/mol. The van der Waals surface area contributed by atoms with Crippen molar-refractivity contribution in [2.75, 3.05) is 0 Å². The van der Waals surface area contributed by atoms with Crippen molar-refractivity contribution in [1.29, 1.82) is 0 Å². The summed E-state index contributed by atoms with van der Waals surface area (Å²) < 4.78 is 0. The van der Waals surface area contributed by atoms with Crippen LogP contribution < -0.4 is 5.32 Å². The second kappa shape index (κ2) is 7.41. The minimum atomic E-state index is 0.0990. The Morgan fingerprint density at radius 1 is 1.48 bits per heavy atom. The van der Waals surface area contributed by atoms with E-state index >= 15 is 0 Å². The van der Waals surface area contributed by atoms with Crippen LogP contribution in [0.2, 0.25) is 0 Å². The first-order valence-corrected chi connectivity index (χ1v) is 8.33. The molecule has 1 amide bonds. The fourth-order valence-corrected chi connectivity index (χ4v) is 3.15. The van der Waals surface area contributed by atoms with Crippen LogP contribution in [0.3, 0.4) is 0 Å². The highest BCUT2D eigenvalue weighted by atomic mass is 32.1. The van der Waals surface area contributed by atoms with Crippen LogP contribution in [0, 0.1) is 13.8 Å². The normalized spacial score (nSPS) is 12.3. The summed E-state index contributed by atoms with van der Waals surface area (Å²) >= 11 is 1.70. The van der Waals surface area contributed by atoms with Gasteiger partial charge in [-0.2, -0.15) is 5.10 Å². The number of aryl methyl sites for hydroxylation is 2. The molecule has 2 aromatic heterocycles. The van der Waals surface area contributed by atoms with Crippen LogP contribution in [0.5, 0.6) is 0 Å². The molecule has 0 fully saturated rings. The third-order valence-electron chi connectivity index (χ3n) is 3.74. The van der Waals surface area contributed by atoms with Crippen molar-refractivity contribution in [3.63, 3.8) is 0 Å². The van der Waals surface area contributed by atoms with E-state index in [0.717, 1.165) is 29.8 Å². The van der Waals surface area contributed by atoms with Crippen LogP contribution in [0.1, 0.15) is 54.1 Å². The zero-order valence-corrected chi connectivity index (χ0v) is 13.7. The first kappa shape index (κ1) is 15.8.